The van der Waals surface area contributed by atoms with E-state index >= 15 is 0 Å². The van der Waals surface area contributed by atoms with Crippen molar-refractivity contribution in [2.75, 3.05) is 6.61 Å². The Hall–Kier alpha value is -1.12. The second-order valence-corrected chi connectivity index (χ2v) is 6.89. The van der Waals surface area contributed by atoms with Gasteiger partial charge in [-0.05, 0) is 32.4 Å². The summed E-state index contributed by atoms with van der Waals surface area (Å²) in [7, 11) is -3.18. The van der Waals surface area contributed by atoms with Crippen LogP contribution < -0.4 is 5.30 Å². The lowest BCUT2D eigenvalue weighted by molar-refractivity contribution is -0.145. The molecule has 1 aromatic carbocycles. The lowest BCUT2D eigenvalue weighted by Crippen LogP contribution is -2.22. The van der Waals surface area contributed by atoms with Gasteiger partial charge in [-0.3, -0.25) is 9.36 Å². The van der Waals surface area contributed by atoms with E-state index in [4.69, 9.17) is 9.26 Å². The fourth-order valence-corrected chi connectivity index (χ4v) is 3.75. The van der Waals surface area contributed by atoms with Crippen LogP contribution in [0, 0.1) is 0 Å². The van der Waals surface area contributed by atoms with Crippen LogP contribution in [0.3, 0.4) is 0 Å². The molecule has 2 atom stereocenters. The molecule has 106 valence electrons. The molecule has 1 unspecified atom stereocenters. The highest BCUT2D eigenvalue weighted by Crippen LogP contribution is 2.51. The molecule has 0 saturated heterocycles. The van der Waals surface area contributed by atoms with Crippen LogP contribution in [0.5, 0.6) is 0 Å². The van der Waals surface area contributed by atoms with Gasteiger partial charge in [-0.15, -0.1) is 0 Å². The predicted octanol–water partition coefficient (Wildman–Crippen LogP) is 3.32. The summed E-state index contributed by atoms with van der Waals surface area (Å²) in [6.45, 7) is 5.60. The van der Waals surface area contributed by atoms with Gasteiger partial charge in [0.25, 0.3) is 7.37 Å². The normalized spacial score (nSPS) is 15.5. The van der Waals surface area contributed by atoms with Gasteiger partial charge < -0.3 is 9.26 Å². The molecule has 0 aliphatic rings. The fraction of sp³-hybridized carbons (Fsp3) is 0.500. The fourth-order valence-electron chi connectivity index (χ4n) is 1.74. The largest absolute Gasteiger partial charge is 0.452 e. The van der Waals surface area contributed by atoms with Gasteiger partial charge >= 0.3 is 5.97 Å². The second-order valence-electron chi connectivity index (χ2n) is 4.19. The van der Waals surface area contributed by atoms with Gasteiger partial charge in [0.15, 0.2) is 5.85 Å². The van der Waals surface area contributed by atoms with E-state index < -0.39 is 13.2 Å². The number of carbonyl (C=O) groups is 1. The maximum atomic E-state index is 13.0. The highest BCUT2D eigenvalue weighted by atomic mass is 31.2. The van der Waals surface area contributed by atoms with Crippen LogP contribution in [-0.4, -0.2) is 18.4 Å². The smallest absolute Gasteiger partial charge is 0.306 e. The first-order chi connectivity index (χ1) is 9.04. The van der Waals surface area contributed by atoms with Gasteiger partial charge in [-0.1, -0.05) is 25.1 Å². The maximum Gasteiger partial charge on any atom is 0.306 e. The maximum absolute atomic E-state index is 13.0. The molecule has 4 nitrogen and oxygen atoms in total. The number of ether oxygens (including phenoxy) is 1. The summed E-state index contributed by atoms with van der Waals surface area (Å²) in [5.74, 6) is -1.11. The zero-order chi connectivity index (χ0) is 14.3. The van der Waals surface area contributed by atoms with Crippen LogP contribution in [0.4, 0.5) is 0 Å². The molecule has 0 spiro atoms. The number of hydrogen-bond acceptors (Lipinski definition) is 4. The Kier molecular flexibility index (Phi) is 6.26. The summed E-state index contributed by atoms with van der Waals surface area (Å²) < 4.78 is 23.6. The minimum absolute atomic E-state index is 0.307. The van der Waals surface area contributed by atoms with E-state index in [1.807, 2.05) is 13.0 Å². The second kappa shape index (κ2) is 7.46. The minimum Gasteiger partial charge on any atom is -0.452 e. The first kappa shape index (κ1) is 15.9. The van der Waals surface area contributed by atoms with E-state index in [0.29, 0.717) is 24.8 Å². The van der Waals surface area contributed by atoms with Crippen molar-refractivity contribution in [3.8, 4) is 0 Å². The van der Waals surface area contributed by atoms with E-state index in [1.165, 1.54) is 0 Å². The Balaban J connectivity index is 2.93. The monoisotopic (exact) mass is 284 g/mol. The van der Waals surface area contributed by atoms with Gasteiger partial charge in [0.1, 0.15) is 0 Å². The van der Waals surface area contributed by atoms with Crippen molar-refractivity contribution in [3.05, 3.63) is 30.3 Å². The first-order valence-corrected chi connectivity index (χ1v) is 8.23. The molecule has 0 aliphatic carbocycles. The Morgan fingerprint density at radius 1 is 1.26 bits per heavy atom. The van der Waals surface area contributed by atoms with Crippen LogP contribution in [-0.2, 0) is 18.6 Å². The Labute approximate surface area is 114 Å². The summed E-state index contributed by atoms with van der Waals surface area (Å²) in [6, 6.07) is 8.90. The summed E-state index contributed by atoms with van der Waals surface area (Å²) in [5, 5.41) is 0.577. The zero-order valence-corrected chi connectivity index (χ0v) is 12.6. The summed E-state index contributed by atoms with van der Waals surface area (Å²) >= 11 is 0. The van der Waals surface area contributed by atoms with Crippen molar-refractivity contribution < 1.29 is 18.6 Å². The van der Waals surface area contributed by atoms with E-state index in [9.17, 15) is 9.36 Å². The van der Waals surface area contributed by atoms with Crippen molar-refractivity contribution in [1.82, 2.24) is 0 Å². The van der Waals surface area contributed by atoms with Crippen molar-refractivity contribution in [1.29, 1.82) is 0 Å². The lowest BCUT2D eigenvalue weighted by Gasteiger charge is -2.24. The first-order valence-electron chi connectivity index (χ1n) is 6.54. The molecule has 0 radical (unpaired) electrons. The molecule has 0 saturated carbocycles. The summed E-state index contributed by atoms with van der Waals surface area (Å²) in [6.07, 6.45) is 1.03. The number of hydrogen-bond donors (Lipinski definition) is 0. The number of esters is 1. The molecule has 0 aromatic heterocycles. The van der Waals surface area contributed by atoms with E-state index in [0.717, 1.165) is 0 Å². The van der Waals surface area contributed by atoms with Gasteiger partial charge in [0.05, 0.1) is 6.61 Å². The lowest BCUT2D eigenvalue weighted by atomic mass is 10.3. The van der Waals surface area contributed by atoms with Crippen molar-refractivity contribution >= 4 is 18.6 Å². The summed E-state index contributed by atoms with van der Waals surface area (Å²) in [5.41, 5.74) is 0. The molecular weight excluding hydrogens is 263 g/mol. The van der Waals surface area contributed by atoms with Gasteiger partial charge in [-0.25, -0.2) is 0 Å². The number of carbonyl (C=O) groups excluding carboxylic acids is 1. The highest BCUT2D eigenvalue weighted by molar-refractivity contribution is 7.67. The SMILES string of the molecule is CCCC(=O)O[C@H](C)P(=O)(OCC)c1ccccc1. The summed E-state index contributed by atoms with van der Waals surface area (Å²) in [4.78, 5) is 11.5. The van der Waals surface area contributed by atoms with Crippen LogP contribution in [0.1, 0.15) is 33.6 Å². The molecule has 0 N–H and O–H groups in total. The standard InChI is InChI=1S/C14H21O4P/c1-4-9-14(15)18-12(3)19(16,17-5-2)13-10-7-6-8-11-13/h6-8,10-12H,4-5,9H2,1-3H3/t12-,19?/m0/s1. The van der Waals surface area contributed by atoms with E-state index in [-0.39, 0.29) is 5.97 Å². The van der Waals surface area contributed by atoms with E-state index in [2.05, 4.69) is 0 Å². The van der Waals surface area contributed by atoms with Gasteiger partial charge in [0, 0.05) is 11.7 Å². The molecular formula is C14H21O4P. The van der Waals surface area contributed by atoms with Crippen LogP contribution in [0.2, 0.25) is 0 Å². The third-order valence-corrected chi connectivity index (χ3v) is 5.39. The molecule has 1 aromatic rings. The molecule has 1 rings (SSSR count). The molecule has 19 heavy (non-hydrogen) atoms. The van der Waals surface area contributed by atoms with Crippen molar-refractivity contribution in [3.63, 3.8) is 0 Å². The van der Waals surface area contributed by atoms with Crippen molar-refractivity contribution in [2.45, 2.75) is 39.5 Å². The Morgan fingerprint density at radius 2 is 1.89 bits per heavy atom. The van der Waals surface area contributed by atoms with Crippen molar-refractivity contribution in [2.24, 2.45) is 0 Å². The third-order valence-electron chi connectivity index (χ3n) is 2.67. The van der Waals surface area contributed by atoms with Crippen LogP contribution >= 0.6 is 7.37 Å². The number of rotatable bonds is 7. The Bertz CT molecular complexity index is 444. The Morgan fingerprint density at radius 3 is 2.42 bits per heavy atom. The average Bonchev–Trinajstić information content (AvgIpc) is 2.40. The molecule has 0 bridgehead atoms. The van der Waals surface area contributed by atoms with Crippen LogP contribution in [0.25, 0.3) is 0 Å². The van der Waals surface area contributed by atoms with Gasteiger partial charge in [-0.2, -0.15) is 0 Å². The molecule has 0 amide bonds. The molecule has 5 heteroatoms. The quantitative estimate of drug-likeness (QED) is 0.569. The minimum atomic E-state index is -3.18. The molecule has 0 fully saturated rings. The van der Waals surface area contributed by atoms with Crippen LogP contribution in [0.15, 0.2) is 30.3 Å². The van der Waals surface area contributed by atoms with E-state index in [1.54, 1.807) is 38.1 Å². The highest BCUT2D eigenvalue weighted by Gasteiger charge is 2.35. The number of benzene rings is 1. The third kappa shape index (κ3) is 4.19. The average molecular weight is 284 g/mol. The molecule has 0 heterocycles. The van der Waals surface area contributed by atoms with Gasteiger partial charge in [0.2, 0.25) is 0 Å². The zero-order valence-electron chi connectivity index (χ0n) is 11.7. The topological polar surface area (TPSA) is 52.6 Å². The molecule has 0 aliphatic heterocycles. The predicted molar refractivity (Wildman–Crippen MR) is 75.8 cm³/mol.